The highest BCUT2D eigenvalue weighted by Gasteiger charge is 2.18. The minimum atomic E-state index is -0.908. The predicted molar refractivity (Wildman–Crippen MR) is 63.4 cm³/mol. The Kier molecular flexibility index (Phi) is 3.17. The molecule has 1 N–H and O–H groups in total. The first-order chi connectivity index (χ1) is 8.00. The molecule has 1 unspecified atom stereocenters. The molecule has 0 radical (unpaired) electrons. The number of aliphatic hydroxyl groups is 1. The van der Waals surface area contributed by atoms with Gasteiger partial charge in [-0.25, -0.2) is 4.39 Å². The number of halogens is 2. The fraction of sp³-hybridized carbons (Fsp3) is 0.250. The van der Waals surface area contributed by atoms with Crippen molar-refractivity contribution in [3.8, 4) is 0 Å². The standard InChI is InChI=1S/C12H12ClFN2O/c1-7-5-8(3-4-10(7)14)12(17)11-9(13)6-15-16(11)2/h3-6,12,17H,1-2H3. The van der Waals surface area contributed by atoms with Crippen molar-refractivity contribution in [1.29, 1.82) is 0 Å². The van der Waals surface area contributed by atoms with E-state index in [9.17, 15) is 9.50 Å². The molecule has 1 aromatic heterocycles. The van der Waals surface area contributed by atoms with E-state index >= 15 is 0 Å². The van der Waals surface area contributed by atoms with Crippen LogP contribution in [0, 0.1) is 12.7 Å². The zero-order valence-electron chi connectivity index (χ0n) is 9.48. The van der Waals surface area contributed by atoms with Gasteiger partial charge in [-0.15, -0.1) is 0 Å². The van der Waals surface area contributed by atoms with Crippen LogP contribution in [0.4, 0.5) is 4.39 Å². The largest absolute Gasteiger partial charge is 0.382 e. The molecular formula is C12H12ClFN2O. The summed E-state index contributed by atoms with van der Waals surface area (Å²) < 4.78 is 14.6. The summed E-state index contributed by atoms with van der Waals surface area (Å²) in [7, 11) is 1.70. The Labute approximate surface area is 103 Å². The first-order valence-electron chi connectivity index (χ1n) is 5.12. The third kappa shape index (κ3) is 2.18. The summed E-state index contributed by atoms with van der Waals surface area (Å²) in [4.78, 5) is 0. The molecule has 0 spiro atoms. The van der Waals surface area contributed by atoms with E-state index in [0.29, 0.717) is 21.8 Å². The van der Waals surface area contributed by atoms with Gasteiger partial charge < -0.3 is 5.11 Å². The summed E-state index contributed by atoms with van der Waals surface area (Å²) in [5.41, 5.74) is 1.58. The van der Waals surface area contributed by atoms with Crippen LogP contribution in [0.25, 0.3) is 0 Å². The number of nitrogens with zero attached hydrogens (tertiary/aromatic N) is 2. The van der Waals surface area contributed by atoms with Crippen molar-refractivity contribution >= 4 is 11.6 Å². The van der Waals surface area contributed by atoms with Gasteiger partial charge in [-0.3, -0.25) is 4.68 Å². The van der Waals surface area contributed by atoms with Crippen LogP contribution in [0.1, 0.15) is 22.9 Å². The van der Waals surface area contributed by atoms with Crippen LogP contribution in [0.2, 0.25) is 5.02 Å². The van der Waals surface area contributed by atoms with E-state index in [1.807, 2.05) is 0 Å². The van der Waals surface area contributed by atoms with Gasteiger partial charge in [0.2, 0.25) is 0 Å². The smallest absolute Gasteiger partial charge is 0.126 e. The zero-order chi connectivity index (χ0) is 12.6. The molecule has 90 valence electrons. The number of aromatic nitrogens is 2. The van der Waals surface area contributed by atoms with E-state index in [1.54, 1.807) is 20.0 Å². The highest BCUT2D eigenvalue weighted by atomic mass is 35.5. The van der Waals surface area contributed by atoms with Gasteiger partial charge in [0.25, 0.3) is 0 Å². The minimum absolute atomic E-state index is 0.294. The second-order valence-corrected chi connectivity index (χ2v) is 4.32. The Morgan fingerprint density at radius 1 is 1.47 bits per heavy atom. The lowest BCUT2D eigenvalue weighted by atomic mass is 10.0. The fourth-order valence-electron chi connectivity index (χ4n) is 1.72. The SMILES string of the molecule is Cc1cc(C(O)c2c(Cl)cnn2C)ccc1F. The second kappa shape index (κ2) is 4.47. The summed E-state index contributed by atoms with van der Waals surface area (Å²) in [6.45, 7) is 1.65. The lowest BCUT2D eigenvalue weighted by Gasteiger charge is -2.13. The first kappa shape index (κ1) is 12.1. The Hall–Kier alpha value is -1.39. The zero-order valence-corrected chi connectivity index (χ0v) is 10.2. The third-order valence-corrected chi connectivity index (χ3v) is 2.99. The van der Waals surface area contributed by atoms with Crippen LogP contribution in [-0.4, -0.2) is 14.9 Å². The maximum atomic E-state index is 13.1. The van der Waals surface area contributed by atoms with Crippen molar-refractivity contribution in [2.24, 2.45) is 7.05 Å². The van der Waals surface area contributed by atoms with Crippen LogP contribution in [0.3, 0.4) is 0 Å². The molecule has 0 fully saturated rings. The van der Waals surface area contributed by atoms with Gasteiger partial charge in [0.1, 0.15) is 11.9 Å². The lowest BCUT2D eigenvalue weighted by Crippen LogP contribution is -2.07. The highest BCUT2D eigenvalue weighted by molar-refractivity contribution is 6.31. The predicted octanol–water partition coefficient (Wildman–Crippen LogP) is 2.60. The monoisotopic (exact) mass is 254 g/mol. The van der Waals surface area contributed by atoms with Crippen molar-refractivity contribution in [2.45, 2.75) is 13.0 Å². The molecule has 0 saturated carbocycles. The molecule has 1 heterocycles. The maximum Gasteiger partial charge on any atom is 0.126 e. The number of rotatable bonds is 2. The van der Waals surface area contributed by atoms with Gasteiger partial charge in [0.05, 0.1) is 16.9 Å². The molecule has 0 aliphatic rings. The molecule has 17 heavy (non-hydrogen) atoms. The van der Waals surface area contributed by atoms with Crippen molar-refractivity contribution in [1.82, 2.24) is 9.78 Å². The van der Waals surface area contributed by atoms with Crippen molar-refractivity contribution in [3.63, 3.8) is 0 Å². The van der Waals surface area contributed by atoms with E-state index < -0.39 is 6.10 Å². The average Bonchev–Trinajstić information content (AvgIpc) is 2.62. The molecular weight excluding hydrogens is 243 g/mol. The molecule has 3 nitrogen and oxygen atoms in total. The quantitative estimate of drug-likeness (QED) is 0.895. The summed E-state index contributed by atoms with van der Waals surface area (Å²) in [5.74, 6) is -0.294. The molecule has 2 aromatic rings. The number of hydrogen-bond donors (Lipinski definition) is 1. The van der Waals surface area contributed by atoms with Crippen LogP contribution in [0.15, 0.2) is 24.4 Å². The van der Waals surface area contributed by atoms with E-state index in [0.717, 1.165) is 0 Å². The summed E-state index contributed by atoms with van der Waals surface area (Å²) in [5, 5.41) is 14.5. The van der Waals surface area contributed by atoms with Crippen LogP contribution < -0.4 is 0 Å². The van der Waals surface area contributed by atoms with Gasteiger partial charge in [-0.05, 0) is 24.1 Å². The molecule has 1 atom stereocenters. The molecule has 1 aromatic carbocycles. The lowest BCUT2D eigenvalue weighted by molar-refractivity contribution is 0.209. The van der Waals surface area contributed by atoms with Gasteiger partial charge in [0.15, 0.2) is 0 Å². The molecule has 2 rings (SSSR count). The number of aryl methyl sites for hydroxylation is 2. The van der Waals surface area contributed by atoms with E-state index in [1.165, 1.54) is 23.0 Å². The topological polar surface area (TPSA) is 38.1 Å². The van der Waals surface area contributed by atoms with Crippen LogP contribution >= 0.6 is 11.6 Å². The van der Waals surface area contributed by atoms with E-state index in [4.69, 9.17) is 11.6 Å². The number of aliphatic hydroxyl groups excluding tert-OH is 1. The fourth-order valence-corrected chi connectivity index (χ4v) is 1.99. The average molecular weight is 255 g/mol. The Balaban J connectivity index is 2.43. The van der Waals surface area contributed by atoms with Gasteiger partial charge in [-0.2, -0.15) is 5.10 Å². The van der Waals surface area contributed by atoms with Crippen molar-refractivity contribution in [3.05, 3.63) is 52.1 Å². The normalized spacial score (nSPS) is 12.8. The number of hydrogen-bond acceptors (Lipinski definition) is 2. The highest BCUT2D eigenvalue weighted by Crippen LogP contribution is 2.28. The Morgan fingerprint density at radius 2 is 2.18 bits per heavy atom. The van der Waals surface area contributed by atoms with Crippen molar-refractivity contribution < 1.29 is 9.50 Å². The Morgan fingerprint density at radius 3 is 2.71 bits per heavy atom. The minimum Gasteiger partial charge on any atom is -0.382 e. The van der Waals surface area contributed by atoms with Gasteiger partial charge in [0, 0.05) is 7.05 Å². The van der Waals surface area contributed by atoms with Crippen LogP contribution in [0.5, 0.6) is 0 Å². The maximum absolute atomic E-state index is 13.1. The number of benzene rings is 1. The summed E-state index contributed by atoms with van der Waals surface area (Å²) in [6, 6.07) is 4.47. The van der Waals surface area contributed by atoms with Crippen molar-refractivity contribution in [2.75, 3.05) is 0 Å². The molecule has 0 aliphatic carbocycles. The first-order valence-corrected chi connectivity index (χ1v) is 5.50. The molecule has 0 saturated heterocycles. The van der Waals surface area contributed by atoms with Crippen LogP contribution in [-0.2, 0) is 7.05 Å². The molecule has 0 aliphatic heterocycles. The molecule has 5 heteroatoms. The van der Waals surface area contributed by atoms with Gasteiger partial charge >= 0.3 is 0 Å². The summed E-state index contributed by atoms with van der Waals surface area (Å²) in [6.07, 6.45) is 0.561. The Bertz CT molecular complexity index is 534. The third-order valence-electron chi connectivity index (χ3n) is 2.69. The molecule has 0 bridgehead atoms. The van der Waals surface area contributed by atoms with E-state index in [-0.39, 0.29) is 5.82 Å². The summed E-state index contributed by atoms with van der Waals surface area (Å²) >= 11 is 5.94. The van der Waals surface area contributed by atoms with E-state index in [2.05, 4.69) is 5.10 Å². The second-order valence-electron chi connectivity index (χ2n) is 3.91. The van der Waals surface area contributed by atoms with Gasteiger partial charge in [-0.1, -0.05) is 23.7 Å². The molecule has 0 amide bonds.